The molecule has 1 saturated heterocycles. The van der Waals surface area contributed by atoms with Crippen LogP contribution in [0.1, 0.15) is 16.8 Å². The quantitative estimate of drug-likeness (QED) is 0.405. The molecule has 1 aliphatic rings. The van der Waals surface area contributed by atoms with Gasteiger partial charge in [-0.2, -0.15) is 0 Å². The van der Waals surface area contributed by atoms with E-state index in [2.05, 4.69) is 15.1 Å². The molecule has 0 aliphatic carbocycles. The van der Waals surface area contributed by atoms with E-state index in [4.69, 9.17) is 23.2 Å². The van der Waals surface area contributed by atoms with Gasteiger partial charge in [-0.15, -0.1) is 0 Å². The summed E-state index contributed by atoms with van der Waals surface area (Å²) < 4.78 is 0. The summed E-state index contributed by atoms with van der Waals surface area (Å²) in [6, 6.07) is 11.7. The van der Waals surface area contributed by atoms with Gasteiger partial charge < -0.3 is 10.2 Å². The van der Waals surface area contributed by atoms with Crippen molar-refractivity contribution >= 4 is 40.5 Å². The fraction of sp³-hybridized carbons (Fsp3) is 0.350. The number of carbonyl (C=O) groups excluding carboxylic acids is 1. The molecular weight excluding hydrogens is 415 g/mol. The van der Waals surface area contributed by atoms with Crippen LogP contribution in [0.5, 0.6) is 0 Å². The third-order valence-electron chi connectivity index (χ3n) is 4.91. The van der Waals surface area contributed by atoms with Crippen molar-refractivity contribution in [3.8, 4) is 0 Å². The summed E-state index contributed by atoms with van der Waals surface area (Å²) in [6.45, 7) is 5.14. The molecule has 7 nitrogen and oxygen atoms in total. The van der Waals surface area contributed by atoms with Gasteiger partial charge in [0.25, 0.3) is 11.6 Å². The number of rotatable bonds is 7. The Balaban J connectivity index is 1.40. The Morgan fingerprint density at radius 1 is 1.07 bits per heavy atom. The summed E-state index contributed by atoms with van der Waals surface area (Å²) in [5.41, 5.74) is 1.14. The molecule has 3 rings (SSSR count). The van der Waals surface area contributed by atoms with Crippen molar-refractivity contribution in [3.63, 3.8) is 0 Å². The van der Waals surface area contributed by atoms with Crippen LogP contribution in [0.25, 0.3) is 0 Å². The maximum atomic E-state index is 12.3. The summed E-state index contributed by atoms with van der Waals surface area (Å²) in [6.07, 6.45) is 0.791. The Labute approximate surface area is 179 Å². The summed E-state index contributed by atoms with van der Waals surface area (Å²) >= 11 is 11.9. The third kappa shape index (κ3) is 5.82. The largest absolute Gasteiger partial charge is 0.369 e. The SMILES string of the molecule is O=C(NCCCN1CCN(c2ccc(Cl)cc2)CC1)c1cc([N+](=O)[O-])ccc1Cl. The Bertz CT molecular complexity index is 869. The van der Waals surface area contributed by atoms with E-state index in [0.29, 0.717) is 6.54 Å². The maximum Gasteiger partial charge on any atom is 0.270 e. The molecule has 1 aliphatic heterocycles. The van der Waals surface area contributed by atoms with Gasteiger partial charge in [0.05, 0.1) is 15.5 Å². The number of nitrogens with zero attached hydrogens (tertiary/aromatic N) is 3. The van der Waals surface area contributed by atoms with Crippen molar-refractivity contribution in [3.05, 3.63) is 68.2 Å². The van der Waals surface area contributed by atoms with E-state index >= 15 is 0 Å². The van der Waals surface area contributed by atoms with Gasteiger partial charge in [0.2, 0.25) is 0 Å². The van der Waals surface area contributed by atoms with Crippen molar-refractivity contribution < 1.29 is 9.72 Å². The van der Waals surface area contributed by atoms with E-state index < -0.39 is 10.8 Å². The second-order valence-electron chi connectivity index (χ2n) is 6.84. The van der Waals surface area contributed by atoms with Gasteiger partial charge in [-0.1, -0.05) is 23.2 Å². The van der Waals surface area contributed by atoms with E-state index in [9.17, 15) is 14.9 Å². The van der Waals surface area contributed by atoms with Crippen LogP contribution >= 0.6 is 23.2 Å². The molecule has 0 bridgehead atoms. The summed E-state index contributed by atoms with van der Waals surface area (Å²) in [7, 11) is 0. The van der Waals surface area contributed by atoms with Gasteiger partial charge in [0, 0.05) is 55.6 Å². The average molecular weight is 437 g/mol. The predicted octanol–water partition coefficient (Wildman–Crippen LogP) is 3.84. The normalized spacial score (nSPS) is 14.6. The zero-order valence-corrected chi connectivity index (χ0v) is 17.3. The highest BCUT2D eigenvalue weighted by Gasteiger charge is 2.18. The fourth-order valence-electron chi connectivity index (χ4n) is 3.28. The second-order valence-corrected chi connectivity index (χ2v) is 7.68. The monoisotopic (exact) mass is 436 g/mol. The molecule has 9 heteroatoms. The molecule has 1 fully saturated rings. The van der Waals surface area contributed by atoms with Crippen molar-refractivity contribution in [2.24, 2.45) is 0 Å². The molecule has 0 saturated carbocycles. The summed E-state index contributed by atoms with van der Waals surface area (Å²) in [4.78, 5) is 27.3. The number of piperazine rings is 1. The molecule has 1 heterocycles. The Morgan fingerprint density at radius 3 is 2.41 bits per heavy atom. The highest BCUT2D eigenvalue weighted by molar-refractivity contribution is 6.34. The number of amides is 1. The number of carbonyl (C=O) groups is 1. The average Bonchev–Trinajstić information content (AvgIpc) is 2.72. The lowest BCUT2D eigenvalue weighted by Gasteiger charge is -2.36. The Kier molecular flexibility index (Phi) is 7.30. The van der Waals surface area contributed by atoms with Gasteiger partial charge in [0.1, 0.15) is 0 Å². The van der Waals surface area contributed by atoms with Crippen LogP contribution in [0, 0.1) is 10.1 Å². The second kappa shape index (κ2) is 9.91. The number of halogens is 2. The van der Waals surface area contributed by atoms with Crippen LogP contribution in [0.2, 0.25) is 10.0 Å². The molecule has 1 amide bonds. The molecule has 2 aromatic rings. The smallest absolute Gasteiger partial charge is 0.270 e. The first-order chi connectivity index (χ1) is 13.9. The number of nitro groups is 1. The third-order valence-corrected chi connectivity index (χ3v) is 5.49. The van der Waals surface area contributed by atoms with E-state index in [0.717, 1.165) is 44.2 Å². The van der Waals surface area contributed by atoms with Gasteiger partial charge in [0.15, 0.2) is 0 Å². The minimum absolute atomic E-state index is 0.123. The van der Waals surface area contributed by atoms with Crippen LogP contribution < -0.4 is 10.2 Å². The van der Waals surface area contributed by atoms with Crippen LogP contribution in [-0.4, -0.2) is 55.0 Å². The molecule has 154 valence electrons. The first-order valence-electron chi connectivity index (χ1n) is 9.39. The predicted molar refractivity (Wildman–Crippen MR) is 115 cm³/mol. The number of anilines is 1. The topological polar surface area (TPSA) is 78.7 Å². The van der Waals surface area contributed by atoms with Gasteiger partial charge in [-0.25, -0.2) is 0 Å². The van der Waals surface area contributed by atoms with E-state index in [1.54, 1.807) is 0 Å². The van der Waals surface area contributed by atoms with Crippen LogP contribution in [0.3, 0.4) is 0 Å². The Morgan fingerprint density at radius 2 is 1.76 bits per heavy atom. The molecule has 29 heavy (non-hydrogen) atoms. The van der Waals surface area contributed by atoms with Gasteiger partial charge >= 0.3 is 0 Å². The Hall–Kier alpha value is -2.35. The molecule has 0 unspecified atom stereocenters. The summed E-state index contributed by atoms with van der Waals surface area (Å²) in [5, 5.41) is 14.6. The lowest BCUT2D eigenvalue weighted by atomic mass is 10.2. The zero-order valence-electron chi connectivity index (χ0n) is 15.8. The zero-order chi connectivity index (χ0) is 20.8. The highest BCUT2D eigenvalue weighted by Crippen LogP contribution is 2.22. The van der Waals surface area contributed by atoms with Crippen molar-refractivity contribution in [2.45, 2.75) is 6.42 Å². The summed E-state index contributed by atoms with van der Waals surface area (Å²) in [5.74, 6) is -0.397. The van der Waals surface area contributed by atoms with Crippen molar-refractivity contribution in [2.75, 3.05) is 44.2 Å². The minimum Gasteiger partial charge on any atom is -0.369 e. The van der Waals surface area contributed by atoms with Crippen LogP contribution in [-0.2, 0) is 0 Å². The number of benzene rings is 2. The lowest BCUT2D eigenvalue weighted by molar-refractivity contribution is -0.384. The number of nitrogens with one attached hydrogen (secondary N) is 1. The molecule has 1 N–H and O–H groups in total. The minimum atomic E-state index is -0.545. The maximum absolute atomic E-state index is 12.3. The molecular formula is C20H22Cl2N4O3. The van der Waals surface area contributed by atoms with E-state index in [1.807, 2.05) is 24.3 Å². The van der Waals surface area contributed by atoms with E-state index in [1.165, 1.54) is 23.9 Å². The number of nitro benzene ring substituents is 1. The number of non-ortho nitro benzene ring substituents is 1. The standard InChI is InChI=1S/C20H22Cl2N4O3/c21-15-2-4-16(5-3-15)25-12-10-24(11-13-25)9-1-8-23-20(27)18-14-17(26(28)29)6-7-19(18)22/h2-7,14H,1,8-13H2,(H,23,27). The van der Waals surface area contributed by atoms with Gasteiger partial charge in [-0.05, 0) is 43.3 Å². The first kappa shape index (κ1) is 21.4. The molecule has 0 aromatic heterocycles. The molecule has 0 radical (unpaired) electrons. The number of hydrogen-bond donors (Lipinski definition) is 1. The highest BCUT2D eigenvalue weighted by atomic mass is 35.5. The molecule has 0 spiro atoms. The molecule has 2 aromatic carbocycles. The number of hydrogen-bond acceptors (Lipinski definition) is 5. The molecule has 0 atom stereocenters. The van der Waals surface area contributed by atoms with E-state index in [-0.39, 0.29) is 16.3 Å². The lowest BCUT2D eigenvalue weighted by Crippen LogP contribution is -2.47. The van der Waals surface area contributed by atoms with Crippen LogP contribution in [0.4, 0.5) is 11.4 Å². The van der Waals surface area contributed by atoms with Crippen molar-refractivity contribution in [1.29, 1.82) is 0 Å². The van der Waals surface area contributed by atoms with Crippen LogP contribution in [0.15, 0.2) is 42.5 Å². The first-order valence-corrected chi connectivity index (χ1v) is 10.1. The van der Waals surface area contributed by atoms with Gasteiger partial charge in [-0.3, -0.25) is 19.8 Å². The fourth-order valence-corrected chi connectivity index (χ4v) is 3.61. The van der Waals surface area contributed by atoms with Crippen molar-refractivity contribution in [1.82, 2.24) is 10.2 Å².